The smallest absolute Gasteiger partial charge is 0.262 e. The van der Waals surface area contributed by atoms with Crippen LogP contribution in [0.25, 0.3) is 0 Å². The van der Waals surface area contributed by atoms with Crippen molar-refractivity contribution in [2.75, 3.05) is 29.9 Å². The Hall–Kier alpha value is -2.53. The molecular formula is C20H24N2O3. The second-order valence-corrected chi connectivity index (χ2v) is 6.30. The summed E-state index contributed by atoms with van der Waals surface area (Å²) in [5.74, 6) is 0.311. The van der Waals surface area contributed by atoms with E-state index in [1.54, 1.807) is 12.1 Å². The van der Waals surface area contributed by atoms with Gasteiger partial charge in [0.1, 0.15) is 5.75 Å². The number of aryl methyl sites for hydroxylation is 1. The summed E-state index contributed by atoms with van der Waals surface area (Å²) in [5.41, 5.74) is 3.71. The number of nitrogens with zero attached hydrogens (tertiary/aromatic N) is 1. The molecule has 0 spiro atoms. The van der Waals surface area contributed by atoms with E-state index in [-0.39, 0.29) is 19.1 Å². The number of amides is 1. The third kappa shape index (κ3) is 4.31. The van der Waals surface area contributed by atoms with Gasteiger partial charge in [0.05, 0.1) is 6.61 Å². The lowest BCUT2D eigenvalue weighted by atomic mass is 10.1. The van der Waals surface area contributed by atoms with Crippen LogP contribution in [0, 0.1) is 6.92 Å². The molecule has 1 saturated heterocycles. The van der Waals surface area contributed by atoms with Crippen molar-refractivity contribution in [3.05, 3.63) is 53.6 Å². The largest absolute Gasteiger partial charge is 0.483 e. The fourth-order valence-electron chi connectivity index (χ4n) is 3.06. The summed E-state index contributed by atoms with van der Waals surface area (Å²) in [6.45, 7) is 3.99. The highest BCUT2D eigenvalue weighted by atomic mass is 16.5. The van der Waals surface area contributed by atoms with Crippen LogP contribution in [0.5, 0.6) is 5.75 Å². The molecule has 0 atom stereocenters. The zero-order valence-electron chi connectivity index (χ0n) is 14.5. The van der Waals surface area contributed by atoms with Crippen LogP contribution in [0.15, 0.2) is 42.5 Å². The Bertz CT molecular complexity index is 739. The quantitative estimate of drug-likeness (QED) is 0.848. The molecule has 1 aliphatic rings. The van der Waals surface area contributed by atoms with Crippen LogP contribution in [0.2, 0.25) is 0 Å². The second-order valence-electron chi connectivity index (χ2n) is 6.30. The van der Waals surface area contributed by atoms with E-state index in [4.69, 9.17) is 4.74 Å². The molecule has 3 rings (SSSR count). The molecule has 0 unspecified atom stereocenters. The molecule has 1 amide bonds. The van der Waals surface area contributed by atoms with E-state index in [0.717, 1.165) is 24.3 Å². The number of aliphatic hydroxyl groups excluding tert-OH is 1. The Kier molecular flexibility index (Phi) is 5.56. The number of rotatable bonds is 6. The molecule has 0 aromatic heterocycles. The van der Waals surface area contributed by atoms with Gasteiger partial charge in [-0.05, 0) is 49.6 Å². The SMILES string of the molecule is Cc1cc(N2CCCC2)ccc1NC(=O)COc1ccccc1CO. The minimum atomic E-state index is -0.218. The van der Waals surface area contributed by atoms with E-state index < -0.39 is 0 Å². The first kappa shape index (κ1) is 17.3. The van der Waals surface area contributed by atoms with Crippen molar-refractivity contribution < 1.29 is 14.6 Å². The summed E-state index contributed by atoms with van der Waals surface area (Å²) in [5, 5.41) is 12.2. The predicted molar refractivity (Wildman–Crippen MR) is 99.1 cm³/mol. The summed E-state index contributed by atoms with van der Waals surface area (Å²) in [7, 11) is 0. The van der Waals surface area contributed by atoms with Gasteiger partial charge in [0, 0.05) is 30.0 Å². The van der Waals surface area contributed by atoms with Crippen molar-refractivity contribution in [2.24, 2.45) is 0 Å². The second kappa shape index (κ2) is 8.03. The zero-order valence-corrected chi connectivity index (χ0v) is 14.5. The number of nitrogens with one attached hydrogen (secondary N) is 1. The Morgan fingerprint density at radius 2 is 1.96 bits per heavy atom. The van der Waals surface area contributed by atoms with Gasteiger partial charge in [-0.2, -0.15) is 0 Å². The Morgan fingerprint density at radius 3 is 2.68 bits per heavy atom. The molecule has 0 radical (unpaired) electrons. The summed E-state index contributed by atoms with van der Waals surface area (Å²) in [6, 6.07) is 13.3. The maximum atomic E-state index is 12.2. The fraction of sp³-hybridized carbons (Fsp3) is 0.350. The average Bonchev–Trinajstić information content (AvgIpc) is 3.16. The fourth-order valence-corrected chi connectivity index (χ4v) is 3.06. The highest BCUT2D eigenvalue weighted by Crippen LogP contribution is 2.25. The zero-order chi connectivity index (χ0) is 17.6. The monoisotopic (exact) mass is 340 g/mol. The third-order valence-electron chi connectivity index (χ3n) is 4.46. The topological polar surface area (TPSA) is 61.8 Å². The molecule has 5 nitrogen and oxygen atoms in total. The van der Waals surface area contributed by atoms with Crippen LogP contribution >= 0.6 is 0 Å². The molecule has 25 heavy (non-hydrogen) atoms. The van der Waals surface area contributed by atoms with Crippen molar-refractivity contribution >= 4 is 17.3 Å². The molecule has 2 aromatic carbocycles. The number of hydrogen-bond donors (Lipinski definition) is 2. The van der Waals surface area contributed by atoms with E-state index in [1.807, 2.05) is 25.1 Å². The van der Waals surface area contributed by atoms with Gasteiger partial charge in [-0.3, -0.25) is 4.79 Å². The molecule has 0 aliphatic carbocycles. The summed E-state index contributed by atoms with van der Waals surface area (Å²) in [6.07, 6.45) is 2.48. The number of para-hydroxylation sites is 1. The van der Waals surface area contributed by atoms with Crippen molar-refractivity contribution in [3.63, 3.8) is 0 Å². The lowest BCUT2D eigenvalue weighted by molar-refractivity contribution is -0.118. The lowest BCUT2D eigenvalue weighted by Crippen LogP contribution is -2.21. The first-order valence-corrected chi connectivity index (χ1v) is 8.64. The number of aliphatic hydroxyl groups is 1. The molecule has 1 heterocycles. The molecule has 2 N–H and O–H groups in total. The van der Waals surface area contributed by atoms with E-state index in [2.05, 4.69) is 22.3 Å². The number of carbonyl (C=O) groups excluding carboxylic acids is 1. The first-order valence-electron chi connectivity index (χ1n) is 8.64. The van der Waals surface area contributed by atoms with Crippen LogP contribution in [-0.2, 0) is 11.4 Å². The van der Waals surface area contributed by atoms with E-state index in [1.165, 1.54) is 18.5 Å². The Labute approximate surface area is 148 Å². The summed E-state index contributed by atoms with van der Waals surface area (Å²) < 4.78 is 5.53. The normalized spacial score (nSPS) is 13.8. The van der Waals surface area contributed by atoms with Crippen LogP contribution in [0.3, 0.4) is 0 Å². The van der Waals surface area contributed by atoms with Gasteiger partial charge in [0.25, 0.3) is 5.91 Å². The Morgan fingerprint density at radius 1 is 1.20 bits per heavy atom. The van der Waals surface area contributed by atoms with Crippen molar-refractivity contribution in [2.45, 2.75) is 26.4 Å². The van der Waals surface area contributed by atoms with Crippen molar-refractivity contribution in [1.82, 2.24) is 0 Å². The van der Waals surface area contributed by atoms with Crippen LogP contribution < -0.4 is 15.0 Å². The number of benzene rings is 2. The van der Waals surface area contributed by atoms with Crippen LogP contribution in [0.4, 0.5) is 11.4 Å². The van der Waals surface area contributed by atoms with Gasteiger partial charge in [0.15, 0.2) is 6.61 Å². The van der Waals surface area contributed by atoms with Crippen molar-refractivity contribution in [1.29, 1.82) is 0 Å². The maximum absolute atomic E-state index is 12.2. The van der Waals surface area contributed by atoms with E-state index >= 15 is 0 Å². The van der Waals surface area contributed by atoms with Gasteiger partial charge >= 0.3 is 0 Å². The maximum Gasteiger partial charge on any atom is 0.262 e. The summed E-state index contributed by atoms with van der Waals surface area (Å²) in [4.78, 5) is 14.5. The highest BCUT2D eigenvalue weighted by Gasteiger charge is 2.14. The van der Waals surface area contributed by atoms with E-state index in [0.29, 0.717) is 11.3 Å². The van der Waals surface area contributed by atoms with E-state index in [9.17, 15) is 9.90 Å². The minimum absolute atomic E-state index is 0.0929. The number of carbonyl (C=O) groups is 1. The van der Waals surface area contributed by atoms with Crippen LogP contribution in [-0.4, -0.2) is 30.7 Å². The minimum Gasteiger partial charge on any atom is -0.483 e. The number of ether oxygens (including phenoxy) is 1. The third-order valence-corrected chi connectivity index (χ3v) is 4.46. The van der Waals surface area contributed by atoms with Gasteiger partial charge < -0.3 is 20.1 Å². The van der Waals surface area contributed by atoms with Gasteiger partial charge in [0.2, 0.25) is 0 Å². The molecular weight excluding hydrogens is 316 g/mol. The summed E-state index contributed by atoms with van der Waals surface area (Å²) >= 11 is 0. The standard InChI is InChI=1S/C20H24N2O3/c1-15-12-17(22-10-4-5-11-22)8-9-18(15)21-20(24)14-25-19-7-3-2-6-16(19)13-23/h2-3,6-9,12,23H,4-5,10-11,13-14H2,1H3,(H,21,24). The van der Waals surface area contributed by atoms with Gasteiger partial charge in [-0.15, -0.1) is 0 Å². The molecule has 2 aromatic rings. The molecule has 0 saturated carbocycles. The molecule has 1 aliphatic heterocycles. The molecule has 1 fully saturated rings. The number of anilines is 2. The van der Waals surface area contributed by atoms with Gasteiger partial charge in [-0.25, -0.2) is 0 Å². The average molecular weight is 340 g/mol. The predicted octanol–water partition coefficient (Wildman–Crippen LogP) is 3.11. The Balaban J connectivity index is 1.59. The molecule has 5 heteroatoms. The number of hydrogen-bond acceptors (Lipinski definition) is 4. The van der Waals surface area contributed by atoms with Crippen LogP contribution in [0.1, 0.15) is 24.0 Å². The first-order chi connectivity index (χ1) is 12.2. The highest BCUT2D eigenvalue weighted by molar-refractivity contribution is 5.92. The molecule has 132 valence electrons. The van der Waals surface area contributed by atoms with Crippen molar-refractivity contribution in [3.8, 4) is 5.75 Å². The van der Waals surface area contributed by atoms with Gasteiger partial charge in [-0.1, -0.05) is 18.2 Å². The molecule has 0 bridgehead atoms. The lowest BCUT2D eigenvalue weighted by Gasteiger charge is -2.19.